The van der Waals surface area contributed by atoms with Crippen molar-refractivity contribution in [1.82, 2.24) is 10.2 Å². The molecule has 1 aromatic rings. The number of amides is 1. The normalized spacial score (nSPS) is 10.2. The Morgan fingerprint density at radius 2 is 2.19 bits per heavy atom. The Bertz CT molecular complexity index is 379. The molecule has 0 unspecified atom stereocenters. The van der Waals surface area contributed by atoms with Crippen LogP contribution in [0.1, 0.15) is 15.9 Å². The zero-order valence-corrected chi connectivity index (χ0v) is 9.88. The third-order valence-electron chi connectivity index (χ3n) is 2.40. The summed E-state index contributed by atoms with van der Waals surface area (Å²) in [6.45, 7) is 3.09. The highest BCUT2D eigenvalue weighted by atomic mass is 19.1. The highest BCUT2D eigenvalue weighted by Gasteiger charge is 2.15. The quantitative estimate of drug-likeness (QED) is 0.839. The van der Waals surface area contributed by atoms with Crippen LogP contribution in [0.4, 0.5) is 4.39 Å². The molecule has 0 radical (unpaired) electrons. The maximum absolute atomic E-state index is 13.4. The Morgan fingerprint density at radius 1 is 1.50 bits per heavy atom. The van der Waals surface area contributed by atoms with Gasteiger partial charge in [0.2, 0.25) is 0 Å². The van der Waals surface area contributed by atoms with E-state index >= 15 is 0 Å². The van der Waals surface area contributed by atoms with Crippen molar-refractivity contribution in [3.05, 3.63) is 35.1 Å². The Hall–Kier alpha value is -1.42. The van der Waals surface area contributed by atoms with E-state index in [1.165, 1.54) is 11.0 Å². The lowest BCUT2D eigenvalue weighted by Gasteiger charge is -2.17. The van der Waals surface area contributed by atoms with Crippen molar-refractivity contribution in [2.24, 2.45) is 0 Å². The first-order valence-corrected chi connectivity index (χ1v) is 5.22. The maximum Gasteiger partial charge on any atom is 0.256 e. The third kappa shape index (κ3) is 3.03. The van der Waals surface area contributed by atoms with E-state index in [9.17, 15) is 9.18 Å². The number of nitrogens with zero attached hydrogens (tertiary/aromatic N) is 1. The van der Waals surface area contributed by atoms with Crippen LogP contribution in [0.5, 0.6) is 0 Å². The SMILES string of the molecule is CNCCN(C)C(=O)c1cc(C)ccc1F. The fourth-order valence-electron chi connectivity index (χ4n) is 1.39. The van der Waals surface area contributed by atoms with E-state index < -0.39 is 5.82 Å². The summed E-state index contributed by atoms with van der Waals surface area (Å²) in [5.41, 5.74) is 1.02. The molecule has 0 aliphatic carbocycles. The van der Waals surface area contributed by atoms with Crippen LogP contribution >= 0.6 is 0 Å². The van der Waals surface area contributed by atoms with Crippen molar-refractivity contribution >= 4 is 5.91 Å². The number of benzene rings is 1. The van der Waals surface area contributed by atoms with Gasteiger partial charge in [-0.1, -0.05) is 11.6 Å². The molecule has 1 rings (SSSR count). The molecule has 0 spiro atoms. The number of carbonyl (C=O) groups is 1. The van der Waals surface area contributed by atoms with Gasteiger partial charge in [-0.2, -0.15) is 0 Å². The molecule has 88 valence electrons. The monoisotopic (exact) mass is 224 g/mol. The van der Waals surface area contributed by atoms with Gasteiger partial charge in [0.25, 0.3) is 5.91 Å². The van der Waals surface area contributed by atoms with E-state index in [0.29, 0.717) is 13.1 Å². The van der Waals surface area contributed by atoms with Gasteiger partial charge in [0.05, 0.1) is 5.56 Å². The fourth-order valence-corrected chi connectivity index (χ4v) is 1.39. The number of carbonyl (C=O) groups excluding carboxylic acids is 1. The molecule has 0 aliphatic rings. The lowest BCUT2D eigenvalue weighted by atomic mass is 10.1. The summed E-state index contributed by atoms with van der Waals surface area (Å²) in [5.74, 6) is -0.747. The van der Waals surface area contributed by atoms with Gasteiger partial charge in [0, 0.05) is 20.1 Å². The zero-order valence-electron chi connectivity index (χ0n) is 9.88. The van der Waals surface area contributed by atoms with Crippen LogP contribution in [0.2, 0.25) is 0 Å². The Kier molecular flexibility index (Phi) is 4.43. The van der Waals surface area contributed by atoms with E-state index in [0.717, 1.165) is 5.56 Å². The highest BCUT2D eigenvalue weighted by Crippen LogP contribution is 2.11. The van der Waals surface area contributed by atoms with Crippen molar-refractivity contribution < 1.29 is 9.18 Å². The lowest BCUT2D eigenvalue weighted by Crippen LogP contribution is -2.33. The van der Waals surface area contributed by atoms with Crippen LogP contribution in [0.25, 0.3) is 0 Å². The molecule has 0 atom stereocenters. The molecule has 1 N–H and O–H groups in total. The van der Waals surface area contributed by atoms with Crippen LogP contribution < -0.4 is 5.32 Å². The van der Waals surface area contributed by atoms with Gasteiger partial charge in [-0.3, -0.25) is 4.79 Å². The van der Waals surface area contributed by atoms with E-state index in [-0.39, 0.29) is 11.5 Å². The first-order valence-electron chi connectivity index (χ1n) is 5.22. The molecule has 1 aromatic carbocycles. The standard InChI is InChI=1S/C12H17FN2O/c1-9-4-5-11(13)10(8-9)12(16)15(3)7-6-14-2/h4-5,8,14H,6-7H2,1-3H3. The van der Waals surface area contributed by atoms with Gasteiger partial charge in [0.15, 0.2) is 0 Å². The Morgan fingerprint density at radius 3 is 2.81 bits per heavy atom. The minimum absolute atomic E-state index is 0.138. The second kappa shape index (κ2) is 5.61. The van der Waals surface area contributed by atoms with Gasteiger partial charge in [0.1, 0.15) is 5.82 Å². The lowest BCUT2D eigenvalue weighted by molar-refractivity contribution is 0.0792. The minimum Gasteiger partial charge on any atom is -0.340 e. The van der Waals surface area contributed by atoms with Crippen molar-refractivity contribution in [3.63, 3.8) is 0 Å². The summed E-state index contributed by atoms with van der Waals surface area (Å²) in [6, 6.07) is 4.56. The van der Waals surface area contributed by atoms with E-state index in [1.807, 2.05) is 14.0 Å². The number of nitrogens with one attached hydrogen (secondary N) is 1. The van der Waals surface area contributed by atoms with Crippen LogP contribution in [0.15, 0.2) is 18.2 Å². The Labute approximate surface area is 95.3 Å². The first-order chi connectivity index (χ1) is 7.56. The fraction of sp³-hybridized carbons (Fsp3) is 0.417. The zero-order chi connectivity index (χ0) is 12.1. The molecule has 1 amide bonds. The van der Waals surface area contributed by atoms with Gasteiger partial charge in [-0.25, -0.2) is 4.39 Å². The topological polar surface area (TPSA) is 32.3 Å². The molecule has 16 heavy (non-hydrogen) atoms. The summed E-state index contributed by atoms with van der Waals surface area (Å²) in [4.78, 5) is 13.4. The molecular formula is C12H17FN2O. The number of rotatable bonds is 4. The van der Waals surface area contributed by atoms with Crippen LogP contribution in [-0.2, 0) is 0 Å². The number of aryl methyl sites for hydroxylation is 1. The molecule has 0 aliphatic heterocycles. The molecule has 4 heteroatoms. The summed E-state index contributed by atoms with van der Waals surface area (Å²) >= 11 is 0. The van der Waals surface area contributed by atoms with Crippen molar-refractivity contribution in [2.45, 2.75) is 6.92 Å². The van der Waals surface area contributed by atoms with Crippen molar-refractivity contribution in [3.8, 4) is 0 Å². The molecule has 0 fully saturated rings. The van der Waals surface area contributed by atoms with E-state index in [2.05, 4.69) is 5.32 Å². The van der Waals surface area contributed by atoms with Gasteiger partial charge < -0.3 is 10.2 Å². The van der Waals surface area contributed by atoms with E-state index in [4.69, 9.17) is 0 Å². The number of hydrogen-bond donors (Lipinski definition) is 1. The van der Waals surface area contributed by atoms with Crippen molar-refractivity contribution in [2.75, 3.05) is 27.2 Å². The molecule has 0 heterocycles. The predicted octanol–water partition coefficient (Wildman–Crippen LogP) is 1.43. The second-order valence-corrected chi connectivity index (χ2v) is 3.81. The average Bonchev–Trinajstić information content (AvgIpc) is 2.28. The summed E-state index contributed by atoms with van der Waals surface area (Å²) in [7, 11) is 3.48. The molecular weight excluding hydrogens is 207 g/mol. The number of likely N-dealkylation sites (N-methyl/N-ethyl adjacent to an activating group) is 2. The Balaban J connectivity index is 2.83. The summed E-state index contributed by atoms with van der Waals surface area (Å²) < 4.78 is 13.4. The number of halogens is 1. The van der Waals surface area contributed by atoms with Gasteiger partial charge in [-0.15, -0.1) is 0 Å². The molecule has 0 saturated heterocycles. The van der Waals surface area contributed by atoms with Crippen LogP contribution in [-0.4, -0.2) is 38.0 Å². The third-order valence-corrected chi connectivity index (χ3v) is 2.40. The molecule has 0 aromatic heterocycles. The van der Waals surface area contributed by atoms with Crippen LogP contribution in [0, 0.1) is 12.7 Å². The molecule has 0 saturated carbocycles. The van der Waals surface area contributed by atoms with Gasteiger partial charge in [-0.05, 0) is 26.1 Å². The van der Waals surface area contributed by atoms with E-state index in [1.54, 1.807) is 19.2 Å². The average molecular weight is 224 g/mol. The summed E-state index contributed by atoms with van der Waals surface area (Å²) in [6.07, 6.45) is 0. The number of hydrogen-bond acceptors (Lipinski definition) is 2. The summed E-state index contributed by atoms with van der Waals surface area (Å²) in [5, 5.41) is 2.94. The van der Waals surface area contributed by atoms with Crippen LogP contribution in [0.3, 0.4) is 0 Å². The smallest absolute Gasteiger partial charge is 0.256 e. The van der Waals surface area contributed by atoms with Crippen molar-refractivity contribution in [1.29, 1.82) is 0 Å². The molecule has 3 nitrogen and oxygen atoms in total. The largest absolute Gasteiger partial charge is 0.340 e. The van der Waals surface area contributed by atoms with Gasteiger partial charge >= 0.3 is 0 Å². The molecule has 0 bridgehead atoms. The maximum atomic E-state index is 13.4. The second-order valence-electron chi connectivity index (χ2n) is 3.81. The minimum atomic E-state index is -0.466. The predicted molar refractivity (Wildman–Crippen MR) is 62.0 cm³/mol. The first kappa shape index (κ1) is 12.6. The highest BCUT2D eigenvalue weighted by molar-refractivity contribution is 5.94.